The second-order valence-corrected chi connectivity index (χ2v) is 10.5. The lowest BCUT2D eigenvalue weighted by Gasteiger charge is -2.28. The van der Waals surface area contributed by atoms with Gasteiger partial charge in [-0.1, -0.05) is 55.8 Å². The van der Waals surface area contributed by atoms with Crippen molar-refractivity contribution in [3.63, 3.8) is 0 Å². The molecular formula is C29H38ClN3O4. The minimum atomic E-state index is -0.613. The van der Waals surface area contributed by atoms with Gasteiger partial charge in [0, 0.05) is 32.8 Å². The molecule has 4 rings (SSSR count). The lowest BCUT2D eigenvalue weighted by atomic mass is 10.1. The zero-order chi connectivity index (χ0) is 26.2. The summed E-state index contributed by atoms with van der Waals surface area (Å²) in [7, 11) is 0. The molecule has 1 fully saturated rings. The predicted octanol–water partition coefficient (Wildman–Crippen LogP) is 5.64. The zero-order valence-electron chi connectivity index (χ0n) is 22.0. The Kier molecular flexibility index (Phi) is 10.00. The SMILES string of the molecule is Cc1nn(-c2ccccc2)c(Oc2ccccc2Cl)c1CN(C[C@H](O)COCC(C)C)C[C@@H]1CCCO1. The summed E-state index contributed by atoms with van der Waals surface area (Å²) >= 11 is 6.46. The second kappa shape index (κ2) is 13.4. The van der Waals surface area contributed by atoms with E-state index in [4.69, 9.17) is 30.9 Å². The summed E-state index contributed by atoms with van der Waals surface area (Å²) in [6, 6.07) is 17.3. The maximum absolute atomic E-state index is 10.8. The van der Waals surface area contributed by atoms with E-state index in [2.05, 4.69) is 18.7 Å². The topological polar surface area (TPSA) is 69.0 Å². The average molecular weight is 528 g/mol. The molecule has 0 spiro atoms. The van der Waals surface area contributed by atoms with E-state index in [1.807, 2.05) is 66.2 Å². The predicted molar refractivity (Wildman–Crippen MR) is 146 cm³/mol. The fraction of sp³-hybridized carbons (Fsp3) is 0.483. The number of benzene rings is 2. The fourth-order valence-electron chi connectivity index (χ4n) is 4.50. The molecule has 37 heavy (non-hydrogen) atoms. The maximum Gasteiger partial charge on any atom is 0.227 e. The molecule has 1 N–H and O–H groups in total. The highest BCUT2D eigenvalue weighted by Gasteiger charge is 2.26. The van der Waals surface area contributed by atoms with Gasteiger partial charge in [0.05, 0.1) is 40.8 Å². The molecule has 0 saturated carbocycles. The minimum Gasteiger partial charge on any atom is -0.437 e. The number of ether oxygens (including phenoxy) is 3. The van der Waals surface area contributed by atoms with E-state index < -0.39 is 6.10 Å². The third kappa shape index (κ3) is 7.79. The number of halogens is 1. The summed E-state index contributed by atoms with van der Waals surface area (Å²) in [6.07, 6.45) is 1.60. The molecule has 2 heterocycles. The van der Waals surface area contributed by atoms with E-state index in [-0.39, 0.29) is 6.10 Å². The fourth-order valence-corrected chi connectivity index (χ4v) is 4.67. The van der Waals surface area contributed by atoms with Crippen molar-refractivity contribution < 1.29 is 19.3 Å². The molecule has 1 saturated heterocycles. The van der Waals surface area contributed by atoms with Crippen molar-refractivity contribution in [1.29, 1.82) is 0 Å². The first-order chi connectivity index (χ1) is 17.9. The van der Waals surface area contributed by atoms with Crippen LogP contribution in [-0.2, 0) is 16.0 Å². The largest absolute Gasteiger partial charge is 0.437 e. The average Bonchev–Trinajstić information content (AvgIpc) is 3.49. The summed E-state index contributed by atoms with van der Waals surface area (Å²) in [6.45, 7) is 9.60. The van der Waals surface area contributed by atoms with E-state index >= 15 is 0 Å². The Labute approximate surface area is 224 Å². The first-order valence-electron chi connectivity index (χ1n) is 13.1. The zero-order valence-corrected chi connectivity index (χ0v) is 22.7. The first kappa shape index (κ1) is 27.6. The Morgan fingerprint density at radius 2 is 1.89 bits per heavy atom. The summed E-state index contributed by atoms with van der Waals surface area (Å²) < 4.78 is 19.9. The van der Waals surface area contributed by atoms with Gasteiger partial charge in [0.2, 0.25) is 5.88 Å². The van der Waals surface area contributed by atoms with Crippen LogP contribution in [0.3, 0.4) is 0 Å². The Bertz CT molecular complexity index is 1120. The molecule has 1 aliphatic rings. The van der Waals surface area contributed by atoms with Crippen molar-refractivity contribution in [3.8, 4) is 17.3 Å². The van der Waals surface area contributed by atoms with E-state index in [0.717, 1.165) is 36.4 Å². The lowest BCUT2D eigenvalue weighted by molar-refractivity contribution is -0.00406. The third-order valence-electron chi connectivity index (χ3n) is 6.28. The number of aliphatic hydroxyl groups is 1. The molecule has 7 nitrogen and oxygen atoms in total. The molecule has 3 aromatic rings. The van der Waals surface area contributed by atoms with Crippen molar-refractivity contribution in [3.05, 3.63) is 70.9 Å². The molecular weight excluding hydrogens is 490 g/mol. The molecule has 2 atom stereocenters. The highest BCUT2D eigenvalue weighted by molar-refractivity contribution is 6.32. The van der Waals surface area contributed by atoms with Crippen molar-refractivity contribution in [1.82, 2.24) is 14.7 Å². The van der Waals surface area contributed by atoms with Crippen molar-refractivity contribution in [2.75, 3.05) is 32.9 Å². The van der Waals surface area contributed by atoms with E-state index in [1.54, 1.807) is 0 Å². The molecule has 0 aliphatic carbocycles. The van der Waals surface area contributed by atoms with Gasteiger partial charge in [-0.3, -0.25) is 4.90 Å². The number of rotatable bonds is 13. The van der Waals surface area contributed by atoms with Gasteiger partial charge in [-0.15, -0.1) is 0 Å². The number of nitrogens with zero attached hydrogens (tertiary/aromatic N) is 3. The maximum atomic E-state index is 10.8. The summed E-state index contributed by atoms with van der Waals surface area (Å²) in [5.74, 6) is 1.60. The summed E-state index contributed by atoms with van der Waals surface area (Å²) in [4.78, 5) is 2.22. The van der Waals surface area contributed by atoms with Gasteiger partial charge in [-0.2, -0.15) is 5.10 Å². The van der Waals surface area contributed by atoms with Crippen LogP contribution in [0.25, 0.3) is 5.69 Å². The summed E-state index contributed by atoms with van der Waals surface area (Å²) in [5.41, 5.74) is 2.69. The molecule has 1 aromatic heterocycles. The minimum absolute atomic E-state index is 0.140. The molecule has 0 amide bonds. The molecule has 8 heteroatoms. The van der Waals surface area contributed by atoms with Gasteiger partial charge in [-0.25, -0.2) is 4.68 Å². The van der Waals surface area contributed by atoms with Crippen LogP contribution in [-0.4, -0.2) is 64.9 Å². The monoisotopic (exact) mass is 527 g/mol. The molecule has 0 unspecified atom stereocenters. The van der Waals surface area contributed by atoms with Crippen LogP contribution >= 0.6 is 11.6 Å². The van der Waals surface area contributed by atoms with E-state index in [0.29, 0.717) is 55.4 Å². The van der Waals surface area contributed by atoms with Gasteiger partial charge in [0.15, 0.2) is 0 Å². The van der Waals surface area contributed by atoms with Gasteiger partial charge in [-0.05, 0) is 49.9 Å². The Balaban J connectivity index is 1.62. The number of aryl methyl sites for hydroxylation is 1. The third-order valence-corrected chi connectivity index (χ3v) is 6.59. The van der Waals surface area contributed by atoms with Crippen LogP contribution in [0.15, 0.2) is 54.6 Å². The van der Waals surface area contributed by atoms with E-state index in [1.165, 1.54) is 0 Å². The van der Waals surface area contributed by atoms with Crippen LogP contribution in [0.2, 0.25) is 5.02 Å². The van der Waals surface area contributed by atoms with Crippen LogP contribution < -0.4 is 4.74 Å². The van der Waals surface area contributed by atoms with Crippen molar-refractivity contribution >= 4 is 11.6 Å². The lowest BCUT2D eigenvalue weighted by Crippen LogP contribution is -2.39. The molecule has 0 radical (unpaired) electrons. The smallest absolute Gasteiger partial charge is 0.227 e. The number of hydrogen-bond acceptors (Lipinski definition) is 6. The molecule has 0 bridgehead atoms. The van der Waals surface area contributed by atoms with Crippen LogP contribution in [0.1, 0.15) is 37.9 Å². The normalized spacial score (nSPS) is 16.6. The van der Waals surface area contributed by atoms with E-state index in [9.17, 15) is 5.11 Å². The highest BCUT2D eigenvalue weighted by atomic mass is 35.5. The standard InChI is InChI=1S/C29H38ClN3O4/c1-21(2)19-35-20-24(34)16-32(17-25-12-9-15-36-25)18-26-22(3)31-33(23-10-5-4-6-11-23)29(26)37-28-14-8-7-13-27(28)30/h4-8,10-11,13-14,21,24-25,34H,9,12,15-20H2,1-3H3/t24-,25-/m0/s1. The number of aromatic nitrogens is 2. The molecule has 200 valence electrons. The van der Waals surface area contributed by atoms with Crippen LogP contribution in [0, 0.1) is 12.8 Å². The second-order valence-electron chi connectivity index (χ2n) is 10.1. The Hall–Kier alpha value is -2.42. The number of hydrogen-bond donors (Lipinski definition) is 1. The highest BCUT2D eigenvalue weighted by Crippen LogP contribution is 2.35. The van der Waals surface area contributed by atoms with Gasteiger partial charge < -0.3 is 19.3 Å². The van der Waals surface area contributed by atoms with Gasteiger partial charge in [0.1, 0.15) is 5.75 Å². The summed E-state index contributed by atoms with van der Waals surface area (Å²) in [5, 5.41) is 16.2. The first-order valence-corrected chi connectivity index (χ1v) is 13.4. The number of para-hydroxylation sites is 2. The van der Waals surface area contributed by atoms with Crippen LogP contribution in [0.4, 0.5) is 0 Å². The molecule has 2 aromatic carbocycles. The van der Waals surface area contributed by atoms with Gasteiger partial charge in [0.25, 0.3) is 0 Å². The van der Waals surface area contributed by atoms with Crippen LogP contribution in [0.5, 0.6) is 11.6 Å². The Morgan fingerprint density at radius 1 is 1.14 bits per heavy atom. The number of aliphatic hydroxyl groups excluding tert-OH is 1. The Morgan fingerprint density at radius 3 is 2.59 bits per heavy atom. The van der Waals surface area contributed by atoms with Gasteiger partial charge >= 0.3 is 0 Å². The quantitative estimate of drug-likeness (QED) is 0.310. The van der Waals surface area contributed by atoms with Crippen molar-refractivity contribution in [2.45, 2.75) is 52.4 Å². The molecule has 1 aliphatic heterocycles. The van der Waals surface area contributed by atoms with Crippen molar-refractivity contribution in [2.24, 2.45) is 5.92 Å².